The molecule has 120 valence electrons. The average molecular weight is 332 g/mol. The molecule has 7 nitrogen and oxygen atoms in total. The number of piperazine rings is 1. The minimum Gasteiger partial charge on any atom is -0.481 e. The van der Waals surface area contributed by atoms with Crippen LogP contribution in [0.25, 0.3) is 10.2 Å². The van der Waals surface area contributed by atoms with E-state index in [9.17, 15) is 9.59 Å². The lowest BCUT2D eigenvalue weighted by Gasteiger charge is -2.35. The average Bonchev–Trinajstić information content (AvgIpc) is 3.24. The van der Waals surface area contributed by atoms with Gasteiger partial charge >= 0.3 is 5.97 Å². The van der Waals surface area contributed by atoms with Crippen molar-refractivity contribution in [1.82, 2.24) is 14.9 Å². The molecule has 1 saturated carbocycles. The molecule has 8 heteroatoms. The van der Waals surface area contributed by atoms with Crippen molar-refractivity contribution in [2.45, 2.75) is 6.42 Å². The second kappa shape index (κ2) is 5.45. The fourth-order valence-corrected chi connectivity index (χ4v) is 3.87. The number of carbonyl (C=O) groups is 2. The Morgan fingerprint density at radius 2 is 1.96 bits per heavy atom. The summed E-state index contributed by atoms with van der Waals surface area (Å²) in [6, 6.07) is 2.02. The Hall–Kier alpha value is -2.22. The molecule has 4 rings (SSSR count). The molecule has 2 atom stereocenters. The van der Waals surface area contributed by atoms with E-state index in [0.29, 0.717) is 32.6 Å². The summed E-state index contributed by atoms with van der Waals surface area (Å²) in [4.78, 5) is 36.8. The van der Waals surface area contributed by atoms with Crippen LogP contribution < -0.4 is 4.90 Å². The number of carbonyl (C=O) groups excluding carboxylic acids is 1. The summed E-state index contributed by atoms with van der Waals surface area (Å²) in [5.74, 6) is -0.754. The Morgan fingerprint density at radius 1 is 1.17 bits per heavy atom. The van der Waals surface area contributed by atoms with Crippen LogP contribution in [-0.2, 0) is 9.59 Å². The standard InChI is InChI=1S/C15H16N4O3S/c20-14(10-7-11(10)15(21)22)19-4-2-18(3-5-19)12-9-1-6-23-13(9)17-8-16-12/h1,6,8,10-11H,2-5,7H2,(H,21,22)/t10-,11+/m1/s1. The Morgan fingerprint density at radius 3 is 2.65 bits per heavy atom. The number of hydrogen-bond acceptors (Lipinski definition) is 6. The first-order valence-corrected chi connectivity index (χ1v) is 8.48. The van der Waals surface area contributed by atoms with Crippen LogP contribution in [0.3, 0.4) is 0 Å². The third kappa shape index (κ3) is 2.52. The first-order chi connectivity index (χ1) is 11.1. The molecule has 1 N–H and O–H groups in total. The lowest BCUT2D eigenvalue weighted by molar-refractivity contribution is -0.142. The minimum absolute atomic E-state index is 0.0135. The summed E-state index contributed by atoms with van der Waals surface area (Å²) in [6.07, 6.45) is 2.06. The number of amides is 1. The van der Waals surface area contributed by atoms with Gasteiger partial charge in [0, 0.05) is 26.2 Å². The Bertz CT molecular complexity index is 769. The van der Waals surface area contributed by atoms with Gasteiger partial charge < -0.3 is 14.9 Å². The van der Waals surface area contributed by atoms with Crippen LogP contribution in [0.4, 0.5) is 5.82 Å². The van der Waals surface area contributed by atoms with Crippen LogP contribution in [0.15, 0.2) is 17.8 Å². The largest absolute Gasteiger partial charge is 0.481 e. The predicted molar refractivity (Wildman–Crippen MR) is 85.4 cm³/mol. The second-order valence-corrected chi connectivity index (χ2v) is 6.83. The van der Waals surface area contributed by atoms with Crippen LogP contribution in [0, 0.1) is 11.8 Å². The summed E-state index contributed by atoms with van der Waals surface area (Å²) in [6.45, 7) is 2.63. The second-order valence-electron chi connectivity index (χ2n) is 5.94. The van der Waals surface area contributed by atoms with E-state index < -0.39 is 11.9 Å². The lowest BCUT2D eigenvalue weighted by atomic mass is 10.2. The third-order valence-corrected chi connectivity index (χ3v) is 5.38. The highest BCUT2D eigenvalue weighted by molar-refractivity contribution is 7.16. The fourth-order valence-electron chi connectivity index (χ4n) is 3.14. The first kappa shape index (κ1) is 14.4. The van der Waals surface area contributed by atoms with Crippen LogP contribution >= 0.6 is 11.3 Å². The minimum atomic E-state index is -0.858. The summed E-state index contributed by atoms with van der Waals surface area (Å²) >= 11 is 1.59. The fraction of sp³-hybridized carbons (Fsp3) is 0.467. The van der Waals surface area contributed by atoms with Gasteiger partial charge in [-0.2, -0.15) is 0 Å². The maximum absolute atomic E-state index is 12.3. The van der Waals surface area contributed by atoms with Gasteiger partial charge in [0.1, 0.15) is 17.0 Å². The molecule has 2 aromatic heterocycles. The number of carboxylic acids is 1. The molecular weight excluding hydrogens is 316 g/mol. The van der Waals surface area contributed by atoms with Gasteiger partial charge in [0.15, 0.2) is 0 Å². The van der Waals surface area contributed by atoms with Gasteiger partial charge in [-0.25, -0.2) is 9.97 Å². The number of aromatic nitrogens is 2. The van der Waals surface area contributed by atoms with Gasteiger partial charge in [-0.15, -0.1) is 11.3 Å². The molecule has 0 bridgehead atoms. The molecule has 3 heterocycles. The van der Waals surface area contributed by atoms with Crippen LogP contribution in [0.5, 0.6) is 0 Å². The Balaban J connectivity index is 1.42. The predicted octanol–water partition coefficient (Wildman–Crippen LogP) is 1.06. The smallest absolute Gasteiger partial charge is 0.307 e. The number of anilines is 1. The topological polar surface area (TPSA) is 86.6 Å². The van der Waals surface area contributed by atoms with Gasteiger partial charge in [-0.05, 0) is 17.9 Å². The van der Waals surface area contributed by atoms with Crippen molar-refractivity contribution in [3.8, 4) is 0 Å². The molecule has 2 fully saturated rings. The molecule has 0 spiro atoms. The quantitative estimate of drug-likeness (QED) is 0.904. The molecule has 2 aliphatic rings. The molecule has 2 aromatic rings. The van der Waals surface area contributed by atoms with Crippen molar-refractivity contribution in [3.05, 3.63) is 17.8 Å². The van der Waals surface area contributed by atoms with Crippen molar-refractivity contribution < 1.29 is 14.7 Å². The van der Waals surface area contributed by atoms with Crippen molar-refractivity contribution in [2.75, 3.05) is 31.1 Å². The van der Waals surface area contributed by atoms with E-state index in [4.69, 9.17) is 5.11 Å². The maximum Gasteiger partial charge on any atom is 0.307 e. The van der Waals surface area contributed by atoms with E-state index in [1.165, 1.54) is 0 Å². The zero-order chi connectivity index (χ0) is 16.0. The van der Waals surface area contributed by atoms with Crippen LogP contribution in [0.2, 0.25) is 0 Å². The van der Waals surface area contributed by atoms with E-state index >= 15 is 0 Å². The van der Waals surface area contributed by atoms with E-state index in [2.05, 4.69) is 14.9 Å². The number of fused-ring (bicyclic) bond motifs is 1. The highest BCUT2D eigenvalue weighted by atomic mass is 32.1. The van der Waals surface area contributed by atoms with Gasteiger partial charge in [-0.3, -0.25) is 9.59 Å². The van der Waals surface area contributed by atoms with Gasteiger partial charge in [0.2, 0.25) is 5.91 Å². The number of hydrogen-bond donors (Lipinski definition) is 1. The van der Waals surface area contributed by atoms with Crippen molar-refractivity contribution in [3.63, 3.8) is 0 Å². The molecule has 0 unspecified atom stereocenters. The zero-order valence-corrected chi connectivity index (χ0v) is 13.2. The zero-order valence-electron chi connectivity index (χ0n) is 12.4. The van der Waals surface area contributed by atoms with Crippen molar-refractivity contribution >= 4 is 39.2 Å². The Labute approximate surface area is 136 Å². The molecule has 1 aliphatic carbocycles. The number of nitrogens with zero attached hydrogens (tertiary/aromatic N) is 4. The van der Waals surface area contributed by atoms with Crippen molar-refractivity contribution in [1.29, 1.82) is 0 Å². The molecule has 1 saturated heterocycles. The van der Waals surface area contributed by atoms with Crippen LogP contribution in [-0.4, -0.2) is 58.0 Å². The van der Waals surface area contributed by atoms with Crippen LogP contribution in [0.1, 0.15) is 6.42 Å². The highest BCUT2D eigenvalue weighted by Crippen LogP contribution is 2.40. The number of rotatable bonds is 3. The van der Waals surface area contributed by atoms with E-state index in [1.807, 2.05) is 11.4 Å². The monoisotopic (exact) mass is 332 g/mol. The summed E-state index contributed by atoms with van der Waals surface area (Å²) in [5, 5.41) is 12.0. The molecule has 0 aromatic carbocycles. The first-order valence-electron chi connectivity index (χ1n) is 7.60. The number of carboxylic acid groups (broad SMARTS) is 1. The van der Waals surface area contributed by atoms with Crippen molar-refractivity contribution in [2.24, 2.45) is 11.8 Å². The maximum atomic E-state index is 12.3. The summed E-state index contributed by atoms with van der Waals surface area (Å²) in [5.41, 5.74) is 0. The van der Waals surface area contributed by atoms with Gasteiger partial charge in [0.05, 0.1) is 17.2 Å². The SMILES string of the molecule is O=C(O)[C@H]1C[C@H]1C(=O)N1CCN(c2ncnc3sccc23)CC1. The summed E-state index contributed by atoms with van der Waals surface area (Å²) < 4.78 is 0. The summed E-state index contributed by atoms with van der Waals surface area (Å²) in [7, 11) is 0. The molecule has 1 aliphatic heterocycles. The number of aliphatic carboxylic acids is 1. The van der Waals surface area contributed by atoms with E-state index in [-0.39, 0.29) is 11.8 Å². The molecule has 1 amide bonds. The Kier molecular flexibility index (Phi) is 3.41. The van der Waals surface area contributed by atoms with E-state index in [0.717, 1.165) is 16.0 Å². The number of thiophene rings is 1. The molecule has 23 heavy (non-hydrogen) atoms. The molecule has 0 radical (unpaired) electrons. The third-order valence-electron chi connectivity index (χ3n) is 4.56. The van der Waals surface area contributed by atoms with Gasteiger partial charge in [-0.1, -0.05) is 0 Å². The highest BCUT2D eigenvalue weighted by Gasteiger charge is 2.50. The molecular formula is C15H16N4O3S. The lowest BCUT2D eigenvalue weighted by Crippen LogP contribution is -2.49. The van der Waals surface area contributed by atoms with E-state index in [1.54, 1.807) is 22.6 Å². The normalized spacial score (nSPS) is 24.0. The van der Waals surface area contributed by atoms with Gasteiger partial charge in [0.25, 0.3) is 0 Å².